The molecule has 2 N–H and O–H groups in total. The smallest absolute Gasteiger partial charge is 0.270 e. The number of hydrogen-bond acceptors (Lipinski definition) is 5. The van der Waals surface area contributed by atoms with Crippen LogP contribution < -0.4 is 16.0 Å². The van der Waals surface area contributed by atoms with E-state index in [2.05, 4.69) is 5.10 Å². The highest BCUT2D eigenvalue weighted by molar-refractivity contribution is 5.75. The fourth-order valence-corrected chi connectivity index (χ4v) is 1.54. The molecule has 0 atom stereocenters. The molecule has 1 aromatic heterocycles. The van der Waals surface area contributed by atoms with Crippen molar-refractivity contribution in [2.75, 3.05) is 27.2 Å². The summed E-state index contributed by atoms with van der Waals surface area (Å²) >= 11 is 0. The maximum atomic E-state index is 11.8. The van der Waals surface area contributed by atoms with E-state index in [4.69, 9.17) is 10.5 Å². The van der Waals surface area contributed by atoms with Crippen LogP contribution in [0.4, 0.5) is 0 Å². The minimum absolute atomic E-state index is 0.0415. The number of aryl methyl sites for hydroxylation is 1. The van der Waals surface area contributed by atoms with Gasteiger partial charge in [-0.25, -0.2) is 4.68 Å². The third kappa shape index (κ3) is 5.40. The van der Waals surface area contributed by atoms with E-state index in [1.165, 1.54) is 21.8 Å². The Labute approximate surface area is 118 Å². The van der Waals surface area contributed by atoms with Crippen LogP contribution in [0.3, 0.4) is 0 Å². The summed E-state index contributed by atoms with van der Waals surface area (Å²) in [5, 5.41) is 4.02. The number of nitrogens with zero attached hydrogens (tertiary/aromatic N) is 3. The lowest BCUT2D eigenvalue weighted by atomic mass is 10.3. The molecule has 0 spiro atoms. The molecule has 1 rings (SSSR count). The lowest BCUT2D eigenvalue weighted by Crippen LogP contribution is -2.25. The average Bonchev–Trinajstić information content (AvgIpc) is 2.41. The van der Waals surface area contributed by atoms with Gasteiger partial charge < -0.3 is 15.4 Å². The number of carbonyl (C=O) groups is 1. The molecule has 1 heterocycles. The van der Waals surface area contributed by atoms with Gasteiger partial charge in [-0.05, 0) is 19.4 Å². The molecular weight excluding hydrogens is 260 g/mol. The molecule has 1 aromatic rings. The van der Waals surface area contributed by atoms with Crippen LogP contribution in [-0.2, 0) is 11.3 Å². The van der Waals surface area contributed by atoms with Gasteiger partial charge in [-0.3, -0.25) is 9.59 Å². The van der Waals surface area contributed by atoms with Crippen LogP contribution in [0.2, 0.25) is 0 Å². The predicted molar refractivity (Wildman–Crippen MR) is 75.6 cm³/mol. The number of carbonyl (C=O) groups excluding carboxylic acids is 1. The number of ether oxygens (including phenoxy) is 1. The van der Waals surface area contributed by atoms with Crippen LogP contribution >= 0.6 is 0 Å². The molecule has 0 saturated heterocycles. The second kappa shape index (κ2) is 8.31. The largest absolute Gasteiger partial charge is 0.492 e. The predicted octanol–water partition coefficient (Wildman–Crippen LogP) is -0.161. The van der Waals surface area contributed by atoms with Gasteiger partial charge >= 0.3 is 0 Å². The molecule has 1 amide bonds. The van der Waals surface area contributed by atoms with Crippen LogP contribution in [0.1, 0.15) is 19.3 Å². The van der Waals surface area contributed by atoms with Crippen LogP contribution in [0.15, 0.2) is 17.1 Å². The van der Waals surface area contributed by atoms with E-state index in [0.29, 0.717) is 38.3 Å². The molecule has 112 valence electrons. The molecule has 0 saturated carbocycles. The summed E-state index contributed by atoms with van der Waals surface area (Å²) in [5.41, 5.74) is 5.13. The summed E-state index contributed by atoms with van der Waals surface area (Å²) in [6.07, 6.45) is 3.22. The average molecular weight is 282 g/mol. The van der Waals surface area contributed by atoms with Crippen LogP contribution in [0.25, 0.3) is 0 Å². The van der Waals surface area contributed by atoms with Crippen molar-refractivity contribution in [3.63, 3.8) is 0 Å². The molecule has 7 nitrogen and oxygen atoms in total. The Bertz CT molecular complexity index is 485. The molecule has 0 bridgehead atoms. The number of hydrogen-bond donors (Lipinski definition) is 1. The third-order valence-corrected chi connectivity index (χ3v) is 2.72. The number of rotatable bonds is 8. The van der Waals surface area contributed by atoms with Gasteiger partial charge in [0.25, 0.3) is 5.56 Å². The van der Waals surface area contributed by atoms with Gasteiger partial charge in [-0.2, -0.15) is 5.10 Å². The van der Waals surface area contributed by atoms with E-state index in [1.807, 2.05) is 0 Å². The molecule has 0 aliphatic rings. The topological polar surface area (TPSA) is 90.4 Å². The van der Waals surface area contributed by atoms with Crippen molar-refractivity contribution < 1.29 is 9.53 Å². The van der Waals surface area contributed by atoms with E-state index in [0.717, 1.165) is 6.42 Å². The van der Waals surface area contributed by atoms with Crippen molar-refractivity contribution in [1.82, 2.24) is 14.7 Å². The Kier molecular flexibility index (Phi) is 6.72. The lowest BCUT2D eigenvalue weighted by Gasteiger charge is -2.10. The summed E-state index contributed by atoms with van der Waals surface area (Å²) in [7, 11) is 3.42. The number of amides is 1. The highest BCUT2D eigenvalue weighted by Crippen LogP contribution is 2.04. The lowest BCUT2D eigenvalue weighted by molar-refractivity contribution is -0.128. The van der Waals surface area contributed by atoms with Gasteiger partial charge in [0.15, 0.2) is 0 Å². The van der Waals surface area contributed by atoms with Crippen molar-refractivity contribution in [2.24, 2.45) is 5.73 Å². The zero-order valence-electron chi connectivity index (χ0n) is 12.0. The molecular formula is C13H22N4O3. The van der Waals surface area contributed by atoms with Crippen LogP contribution in [0.5, 0.6) is 5.75 Å². The van der Waals surface area contributed by atoms with Gasteiger partial charge in [0.05, 0.1) is 12.8 Å². The molecule has 0 unspecified atom stereocenters. The van der Waals surface area contributed by atoms with Gasteiger partial charge in [0.2, 0.25) is 5.91 Å². The third-order valence-electron chi connectivity index (χ3n) is 2.72. The Hall–Kier alpha value is -1.89. The first-order chi connectivity index (χ1) is 9.54. The molecule has 0 aromatic carbocycles. The quantitative estimate of drug-likeness (QED) is 0.669. The number of aromatic nitrogens is 2. The minimum Gasteiger partial charge on any atom is -0.492 e. The van der Waals surface area contributed by atoms with Gasteiger partial charge in [-0.1, -0.05) is 0 Å². The normalized spacial score (nSPS) is 10.3. The zero-order valence-corrected chi connectivity index (χ0v) is 12.0. The van der Waals surface area contributed by atoms with Crippen molar-refractivity contribution in [3.05, 3.63) is 22.6 Å². The zero-order chi connectivity index (χ0) is 15.0. The highest BCUT2D eigenvalue weighted by atomic mass is 16.5. The summed E-state index contributed by atoms with van der Waals surface area (Å²) in [6, 6.07) is 1.40. The summed E-state index contributed by atoms with van der Waals surface area (Å²) in [4.78, 5) is 24.7. The van der Waals surface area contributed by atoms with Gasteiger partial charge in [0.1, 0.15) is 5.75 Å². The molecule has 20 heavy (non-hydrogen) atoms. The molecule has 0 radical (unpaired) electrons. The van der Waals surface area contributed by atoms with Crippen molar-refractivity contribution in [1.29, 1.82) is 0 Å². The van der Waals surface area contributed by atoms with Crippen molar-refractivity contribution >= 4 is 5.91 Å². The fraction of sp³-hybridized carbons (Fsp3) is 0.615. The first kappa shape index (κ1) is 16.2. The monoisotopic (exact) mass is 282 g/mol. The van der Waals surface area contributed by atoms with E-state index in [9.17, 15) is 9.59 Å². The number of nitrogens with two attached hydrogens (primary N) is 1. The fourth-order valence-electron chi connectivity index (χ4n) is 1.54. The van der Waals surface area contributed by atoms with E-state index >= 15 is 0 Å². The highest BCUT2D eigenvalue weighted by Gasteiger charge is 2.05. The van der Waals surface area contributed by atoms with Gasteiger partial charge in [0, 0.05) is 33.1 Å². The second-order valence-corrected chi connectivity index (χ2v) is 4.64. The van der Waals surface area contributed by atoms with Crippen molar-refractivity contribution in [2.45, 2.75) is 25.8 Å². The Balaban J connectivity index is 2.47. The maximum absolute atomic E-state index is 11.8. The summed E-state index contributed by atoms with van der Waals surface area (Å²) < 4.78 is 6.67. The molecule has 0 aliphatic carbocycles. The summed E-state index contributed by atoms with van der Waals surface area (Å²) in [6.45, 7) is 1.44. The minimum atomic E-state index is -0.229. The van der Waals surface area contributed by atoms with E-state index in [-0.39, 0.29) is 11.5 Å². The maximum Gasteiger partial charge on any atom is 0.270 e. The first-order valence-corrected chi connectivity index (χ1v) is 6.64. The SMILES string of the molecule is CN(C)C(=O)CCCn1ncc(OCCCN)cc1=O. The Morgan fingerprint density at radius 2 is 2.20 bits per heavy atom. The van der Waals surface area contributed by atoms with Crippen molar-refractivity contribution in [3.8, 4) is 5.75 Å². The Morgan fingerprint density at radius 3 is 2.80 bits per heavy atom. The van der Waals surface area contributed by atoms with E-state index in [1.54, 1.807) is 14.1 Å². The summed E-state index contributed by atoms with van der Waals surface area (Å²) in [5.74, 6) is 0.490. The standard InChI is InChI=1S/C13H22N4O3/c1-16(2)12(18)5-3-7-17-13(19)9-11(10-15-17)20-8-4-6-14/h9-10H,3-8,14H2,1-2H3. The van der Waals surface area contributed by atoms with E-state index < -0.39 is 0 Å². The second-order valence-electron chi connectivity index (χ2n) is 4.64. The van der Waals surface area contributed by atoms with Crippen LogP contribution in [-0.4, -0.2) is 47.8 Å². The molecule has 0 fully saturated rings. The molecule has 0 aliphatic heterocycles. The first-order valence-electron chi connectivity index (χ1n) is 6.64. The molecule has 7 heteroatoms. The Morgan fingerprint density at radius 1 is 1.45 bits per heavy atom. The van der Waals surface area contributed by atoms with Gasteiger partial charge in [-0.15, -0.1) is 0 Å². The van der Waals surface area contributed by atoms with Crippen LogP contribution in [0, 0.1) is 0 Å².